The summed E-state index contributed by atoms with van der Waals surface area (Å²) in [7, 11) is 4.02. The molecular weight excluding hydrogens is 356 g/mol. The average Bonchev–Trinajstić information content (AvgIpc) is 2.79. The first-order valence-corrected chi connectivity index (χ1v) is 8.95. The van der Waals surface area contributed by atoms with Crippen LogP contribution in [-0.4, -0.2) is 52.7 Å². The Hall–Kier alpha value is -3.45. The largest absolute Gasteiger partial charge is 0.477 e. The highest BCUT2D eigenvalue weighted by Crippen LogP contribution is 2.40. The van der Waals surface area contributed by atoms with Gasteiger partial charge in [0.05, 0.1) is 17.1 Å². The Morgan fingerprint density at radius 2 is 1.68 bits per heavy atom. The zero-order valence-corrected chi connectivity index (χ0v) is 15.7. The van der Waals surface area contributed by atoms with Gasteiger partial charge in [-0.2, -0.15) is 0 Å². The lowest BCUT2D eigenvalue weighted by atomic mass is 10.1. The number of nitrogens with zero attached hydrogens (tertiary/aromatic N) is 4. The molecule has 28 heavy (non-hydrogen) atoms. The molecule has 0 aliphatic carbocycles. The third kappa shape index (κ3) is 2.86. The smallest absolute Gasteiger partial charge is 0.342 e. The number of hydrogen-bond donors (Lipinski definition) is 1. The first kappa shape index (κ1) is 17.9. The Bertz CT molecular complexity index is 1120. The quantitative estimate of drug-likeness (QED) is 0.754. The SMILES string of the molecule is CN(C)CCN1c2ccccc2-c2ncc(C(=O)O)c(=O)n2-c2ccccc21. The molecule has 7 nitrogen and oxygen atoms in total. The molecule has 2 aromatic carbocycles. The highest BCUT2D eigenvalue weighted by Gasteiger charge is 2.27. The van der Waals surface area contributed by atoms with Crippen LogP contribution in [0.15, 0.2) is 59.5 Å². The predicted octanol–water partition coefficient (Wildman–Crippen LogP) is 2.61. The van der Waals surface area contributed by atoms with Crippen molar-refractivity contribution >= 4 is 17.3 Å². The van der Waals surface area contributed by atoms with E-state index >= 15 is 0 Å². The number of fused-ring (bicyclic) bond motifs is 5. The molecule has 0 saturated carbocycles. The van der Waals surface area contributed by atoms with Gasteiger partial charge < -0.3 is 14.9 Å². The maximum absolute atomic E-state index is 13.1. The number of aromatic carboxylic acids is 1. The monoisotopic (exact) mass is 376 g/mol. The molecule has 4 rings (SSSR count). The van der Waals surface area contributed by atoms with Crippen molar-refractivity contribution in [3.05, 3.63) is 70.6 Å². The van der Waals surface area contributed by atoms with Crippen molar-refractivity contribution in [2.75, 3.05) is 32.1 Å². The molecule has 142 valence electrons. The number of carbonyl (C=O) groups is 1. The molecule has 0 bridgehead atoms. The fourth-order valence-electron chi connectivity index (χ4n) is 3.47. The van der Waals surface area contributed by atoms with E-state index in [9.17, 15) is 14.7 Å². The van der Waals surface area contributed by atoms with Gasteiger partial charge in [0.15, 0.2) is 0 Å². The van der Waals surface area contributed by atoms with E-state index < -0.39 is 11.5 Å². The van der Waals surface area contributed by atoms with Gasteiger partial charge in [-0.05, 0) is 38.4 Å². The van der Waals surface area contributed by atoms with Crippen molar-refractivity contribution in [1.82, 2.24) is 14.5 Å². The summed E-state index contributed by atoms with van der Waals surface area (Å²) in [6.45, 7) is 1.51. The first-order chi connectivity index (χ1) is 13.5. The standard InChI is InChI=1S/C21H20N4O3/c1-23(2)11-12-24-16-8-4-3-7-14(16)19-22-13-15(21(27)28)20(26)25(19)18-10-6-5-9-17(18)24/h3-10,13H,11-12H2,1-2H3,(H,27,28). The summed E-state index contributed by atoms with van der Waals surface area (Å²) in [5.74, 6) is -0.849. The van der Waals surface area contributed by atoms with Crippen LogP contribution in [0.5, 0.6) is 0 Å². The van der Waals surface area contributed by atoms with E-state index in [4.69, 9.17) is 0 Å². The molecule has 7 heteroatoms. The molecule has 1 aliphatic rings. The lowest BCUT2D eigenvalue weighted by Gasteiger charge is -2.27. The lowest BCUT2D eigenvalue weighted by Crippen LogP contribution is -2.29. The fraction of sp³-hybridized carbons (Fsp3) is 0.190. The molecule has 1 aromatic heterocycles. The van der Waals surface area contributed by atoms with Crippen molar-refractivity contribution in [3.63, 3.8) is 0 Å². The Labute approximate surface area is 162 Å². The molecule has 1 aliphatic heterocycles. The van der Waals surface area contributed by atoms with Crippen LogP contribution in [-0.2, 0) is 0 Å². The zero-order valence-electron chi connectivity index (χ0n) is 15.7. The van der Waals surface area contributed by atoms with Crippen LogP contribution in [0.3, 0.4) is 0 Å². The Balaban J connectivity index is 2.07. The maximum Gasteiger partial charge on any atom is 0.342 e. The summed E-state index contributed by atoms with van der Waals surface area (Å²) in [5.41, 5.74) is 2.23. The van der Waals surface area contributed by atoms with E-state index in [2.05, 4.69) is 14.8 Å². The number of para-hydroxylation sites is 3. The topological polar surface area (TPSA) is 78.7 Å². The summed E-state index contributed by atoms with van der Waals surface area (Å²) < 4.78 is 1.41. The van der Waals surface area contributed by atoms with Crippen molar-refractivity contribution in [2.24, 2.45) is 0 Å². The summed E-state index contributed by atoms with van der Waals surface area (Å²) in [4.78, 5) is 33.2. The molecule has 2 heterocycles. The summed E-state index contributed by atoms with van der Waals surface area (Å²) in [6, 6.07) is 15.2. The van der Waals surface area contributed by atoms with Crippen molar-refractivity contribution in [3.8, 4) is 17.1 Å². The number of anilines is 2. The van der Waals surface area contributed by atoms with Crippen LogP contribution in [0.4, 0.5) is 11.4 Å². The van der Waals surface area contributed by atoms with Crippen LogP contribution in [0.2, 0.25) is 0 Å². The van der Waals surface area contributed by atoms with Gasteiger partial charge in [0, 0.05) is 24.8 Å². The van der Waals surface area contributed by atoms with Gasteiger partial charge in [0.2, 0.25) is 0 Å². The molecule has 1 N–H and O–H groups in total. The number of carboxylic acid groups (broad SMARTS) is 1. The Kier molecular flexibility index (Phi) is 4.44. The normalized spacial score (nSPS) is 12.2. The number of hydrogen-bond acceptors (Lipinski definition) is 5. The second kappa shape index (κ2) is 6.94. The molecule has 3 aromatic rings. The van der Waals surface area contributed by atoms with Gasteiger partial charge in [-0.15, -0.1) is 0 Å². The van der Waals surface area contributed by atoms with Gasteiger partial charge in [0.1, 0.15) is 11.4 Å². The number of likely N-dealkylation sites (N-methyl/N-ethyl adjacent to an activating group) is 1. The van der Waals surface area contributed by atoms with Gasteiger partial charge in [-0.1, -0.05) is 24.3 Å². The van der Waals surface area contributed by atoms with Gasteiger partial charge in [0.25, 0.3) is 5.56 Å². The first-order valence-electron chi connectivity index (χ1n) is 8.95. The molecule has 0 saturated heterocycles. The van der Waals surface area contributed by atoms with E-state index in [0.29, 0.717) is 18.1 Å². The van der Waals surface area contributed by atoms with Crippen LogP contribution in [0, 0.1) is 0 Å². The second-order valence-electron chi connectivity index (χ2n) is 6.90. The van der Waals surface area contributed by atoms with Gasteiger partial charge >= 0.3 is 5.97 Å². The van der Waals surface area contributed by atoms with E-state index in [1.165, 1.54) is 4.57 Å². The van der Waals surface area contributed by atoms with Crippen LogP contribution in [0.1, 0.15) is 10.4 Å². The summed E-state index contributed by atoms with van der Waals surface area (Å²) >= 11 is 0. The number of aromatic nitrogens is 2. The average molecular weight is 376 g/mol. The van der Waals surface area contributed by atoms with E-state index in [-0.39, 0.29) is 5.56 Å². The Morgan fingerprint density at radius 3 is 2.36 bits per heavy atom. The minimum atomic E-state index is -1.28. The molecule has 0 amide bonds. The molecule has 0 fully saturated rings. The molecule has 0 atom stereocenters. The van der Waals surface area contributed by atoms with Gasteiger partial charge in [-0.3, -0.25) is 9.36 Å². The van der Waals surface area contributed by atoms with E-state index in [1.54, 1.807) is 0 Å². The maximum atomic E-state index is 13.1. The highest BCUT2D eigenvalue weighted by atomic mass is 16.4. The van der Waals surface area contributed by atoms with Crippen LogP contribution in [0.25, 0.3) is 17.1 Å². The molecule has 0 spiro atoms. The fourth-order valence-corrected chi connectivity index (χ4v) is 3.47. The van der Waals surface area contributed by atoms with E-state index in [1.807, 2.05) is 62.6 Å². The third-order valence-electron chi connectivity index (χ3n) is 4.81. The number of carboxylic acids is 1. The third-order valence-corrected chi connectivity index (χ3v) is 4.81. The summed E-state index contributed by atoms with van der Waals surface area (Å²) in [6.07, 6.45) is 1.14. The minimum Gasteiger partial charge on any atom is -0.477 e. The predicted molar refractivity (Wildman–Crippen MR) is 108 cm³/mol. The molecule has 0 radical (unpaired) electrons. The molecular formula is C21H20N4O3. The zero-order chi connectivity index (χ0) is 19.8. The molecule has 0 unspecified atom stereocenters. The Morgan fingerprint density at radius 1 is 1.04 bits per heavy atom. The van der Waals surface area contributed by atoms with Crippen LogP contribution < -0.4 is 10.5 Å². The van der Waals surface area contributed by atoms with Crippen molar-refractivity contribution < 1.29 is 9.90 Å². The van der Waals surface area contributed by atoms with E-state index in [0.717, 1.165) is 29.7 Å². The van der Waals surface area contributed by atoms with Crippen molar-refractivity contribution in [2.45, 2.75) is 0 Å². The van der Waals surface area contributed by atoms with Gasteiger partial charge in [-0.25, -0.2) is 9.78 Å². The van der Waals surface area contributed by atoms with Crippen molar-refractivity contribution in [1.29, 1.82) is 0 Å². The summed E-state index contributed by atoms with van der Waals surface area (Å²) in [5, 5.41) is 9.41. The highest BCUT2D eigenvalue weighted by molar-refractivity contribution is 5.89. The lowest BCUT2D eigenvalue weighted by molar-refractivity contribution is 0.0694. The van der Waals surface area contributed by atoms with Crippen LogP contribution >= 0.6 is 0 Å². The number of benzene rings is 2. The number of rotatable bonds is 4. The minimum absolute atomic E-state index is 0.349. The second-order valence-corrected chi connectivity index (χ2v) is 6.90.